The number of esters is 1. The third-order valence-corrected chi connectivity index (χ3v) is 3.24. The molecule has 1 saturated heterocycles. The second-order valence-electron chi connectivity index (χ2n) is 4.25. The first-order valence-electron chi connectivity index (χ1n) is 5.68. The van der Waals surface area contributed by atoms with E-state index < -0.39 is 24.0 Å². The van der Waals surface area contributed by atoms with E-state index in [1.165, 1.54) is 7.11 Å². The molecule has 5 nitrogen and oxygen atoms in total. The number of methoxy groups -OCH3 is 1. The number of ether oxygens (including phenoxy) is 1. The van der Waals surface area contributed by atoms with Crippen LogP contribution in [-0.4, -0.2) is 29.4 Å². The molecule has 0 amide bonds. The van der Waals surface area contributed by atoms with Crippen molar-refractivity contribution in [2.75, 3.05) is 7.11 Å². The minimum absolute atomic E-state index is 0.277. The summed E-state index contributed by atoms with van der Waals surface area (Å²) in [7, 11) is 1.27. The highest BCUT2D eigenvalue weighted by Gasteiger charge is 2.45. The summed E-state index contributed by atoms with van der Waals surface area (Å²) in [6.07, 6.45) is 0.277. The van der Waals surface area contributed by atoms with Crippen LogP contribution in [0.25, 0.3) is 0 Å². The third-order valence-electron chi connectivity index (χ3n) is 3.24. The molecule has 3 atom stereocenters. The number of hydroxylamine groups is 2. The summed E-state index contributed by atoms with van der Waals surface area (Å²) in [6.45, 7) is 0. The number of nitriles is 1. The maximum Gasteiger partial charge on any atom is 0.325 e. The van der Waals surface area contributed by atoms with E-state index in [1.807, 2.05) is 30.3 Å². The van der Waals surface area contributed by atoms with E-state index in [4.69, 9.17) is 5.26 Å². The Morgan fingerprint density at radius 1 is 1.50 bits per heavy atom. The van der Waals surface area contributed by atoms with E-state index in [2.05, 4.69) is 10.8 Å². The van der Waals surface area contributed by atoms with Gasteiger partial charge in [0.1, 0.15) is 6.04 Å². The summed E-state index contributed by atoms with van der Waals surface area (Å²) >= 11 is 0. The SMILES string of the molecule is COC(=O)[C@@H]1C[C@H](C#N)[C@H](c2ccccc2)N1O. The highest BCUT2D eigenvalue weighted by atomic mass is 16.5. The van der Waals surface area contributed by atoms with Crippen LogP contribution in [0.5, 0.6) is 0 Å². The van der Waals surface area contributed by atoms with Crippen molar-refractivity contribution in [2.24, 2.45) is 5.92 Å². The maximum absolute atomic E-state index is 11.5. The normalized spacial score (nSPS) is 27.7. The summed E-state index contributed by atoms with van der Waals surface area (Å²) < 4.78 is 4.63. The maximum atomic E-state index is 11.5. The second kappa shape index (κ2) is 5.17. The number of rotatable bonds is 2. The summed E-state index contributed by atoms with van der Waals surface area (Å²) in [5.74, 6) is -0.947. The van der Waals surface area contributed by atoms with Gasteiger partial charge in [-0.3, -0.25) is 4.79 Å². The first kappa shape index (κ1) is 12.6. The fourth-order valence-corrected chi connectivity index (χ4v) is 2.35. The van der Waals surface area contributed by atoms with Crippen molar-refractivity contribution < 1.29 is 14.7 Å². The van der Waals surface area contributed by atoms with Gasteiger partial charge in [0.2, 0.25) is 0 Å². The lowest BCUT2D eigenvalue weighted by atomic mass is 9.95. The Morgan fingerprint density at radius 2 is 2.17 bits per heavy atom. The molecular formula is C13H14N2O3. The minimum Gasteiger partial charge on any atom is -0.468 e. The molecule has 0 aliphatic carbocycles. The molecule has 0 unspecified atom stereocenters. The third kappa shape index (κ3) is 2.08. The minimum atomic E-state index is -0.773. The van der Waals surface area contributed by atoms with Gasteiger partial charge in [-0.15, -0.1) is 0 Å². The van der Waals surface area contributed by atoms with Gasteiger partial charge in [-0.25, -0.2) is 0 Å². The van der Waals surface area contributed by atoms with E-state index in [9.17, 15) is 10.0 Å². The summed E-state index contributed by atoms with van der Waals surface area (Å²) in [6, 6.07) is 10.1. The standard InChI is InChI=1S/C13H14N2O3/c1-18-13(16)11-7-10(8-14)12(15(11)17)9-5-3-2-4-6-9/h2-6,10-12,17H,7H2,1H3/t10-,11+,12+/m1/s1. The molecular weight excluding hydrogens is 232 g/mol. The summed E-state index contributed by atoms with van der Waals surface area (Å²) in [5.41, 5.74) is 0.818. The van der Waals surface area contributed by atoms with Gasteiger partial charge in [0, 0.05) is 0 Å². The lowest BCUT2D eigenvalue weighted by molar-refractivity contribution is -0.174. The van der Waals surface area contributed by atoms with Gasteiger partial charge in [0.25, 0.3) is 0 Å². The molecule has 1 fully saturated rings. The lowest BCUT2D eigenvalue weighted by Crippen LogP contribution is -2.35. The van der Waals surface area contributed by atoms with E-state index in [0.29, 0.717) is 0 Å². The molecule has 0 bridgehead atoms. The zero-order chi connectivity index (χ0) is 13.1. The van der Waals surface area contributed by atoms with Gasteiger partial charge >= 0.3 is 5.97 Å². The quantitative estimate of drug-likeness (QED) is 0.800. The van der Waals surface area contributed by atoms with Gasteiger partial charge in [-0.2, -0.15) is 10.3 Å². The molecule has 1 aliphatic heterocycles. The molecule has 0 aromatic heterocycles. The first-order chi connectivity index (χ1) is 8.69. The van der Waals surface area contributed by atoms with Crippen LogP contribution in [0, 0.1) is 17.2 Å². The van der Waals surface area contributed by atoms with Gasteiger partial charge in [0.05, 0.1) is 25.1 Å². The summed E-state index contributed by atoms with van der Waals surface area (Å²) in [4.78, 5) is 11.5. The van der Waals surface area contributed by atoms with E-state index in [-0.39, 0.29) is 6.42 Å². The van der Waals surface area contributed by atoms with Crippen molar-refractivity contribution in [3.05, 3.63) is 35.9 Å². The molecule has 2 rings (SSSR count). The molecule has 0 saturated carbocycles. The second-order valence-corrected chi connectivity index (χ2v) is 4.25. The Labute approximate surface area is 105 Å². The van der Waals surface area contributed by atoms with Crippen molar-refractivity contribution in [1.82, 2.24) is 5.06 Å². The number of carbonyl (C=O) groups is 1. The lowest BCUT2D eigenvalue weighted by Gasteiger charge is -2.23. The van der Waals surface area contributed by atoms with Crippen LogP contribution >= 0.6 is 0 Å². The Balaban J connectivity index is 2.30. The van der Waals surface area contributed by atoms with Crippen LogP contribution in [0.2, 0.25) is 0 Å². The molecule has 1 aromatic carbocycles. The predicted molar refractivity (Wildman–Crippen MR) is 62.3 cm³/mol. The molecule has 1 N–H and O–H groups in total. The first-order valence-corrected chi connectivity index (χ1v) is 5.68. The van der Waals surface area contributed by atoms with E-state index in [1.54, 1.807) is 0 Å². The van der Waals surface area contributed by atoms with Crippen LogP contribution in [-0.2, 0) is 9.53 Å². The number of hydrogen-bond acceptors (Lipinski definition) is 5. The average Bonchev–Trinajstić information content (AvgIpc) is 2.75. The molecule has 1 aromatic rings. The Morgan fingerprint density at radius 3 is 2.72 bits per heavy atom. The van der Waals surface area contributed by atoms with Crippen molar-refractivity contribution in [3.8, 4) is 6.07 Å². The van der Waals surface area contributed by atoms with Crippen molar-refractivity contribution in [1.29, 1.82) is 5.26 Å². The zero-order valence-electron chi connectivity index (χ0n) is 9.98. The van der Waals surface area contributed by atoms with E-state index >= 15 is 0 Å². The molecule has 5 heteroatoms. The predicted octanol–water partition coefficient (Wildman–Crippen LogP) is 1.50. The molecule has 18 heavy (non-hydrogen) atoms. The van der Waals surface area contributed by atoms with Gasteiger partial charge in [-0.1, -0.05) is 30.3 Å². The van der Waals surface area contributed by atoms with Crippen LogP contribution in [0.1, 0.15) is 18.0 Å². The average molecular weight is 246 g/mol. The van der Waals surface area contributed by atoms with Crippen molar-refractivity contribution in [2.45, 2.75) is 18.5 Å². The van der Waals surface area contributed by atoms with Crippen LogP contribution in [0.3, 0.4) is 0 Å². The number of carbonyl (C=O) groups excluding carboxylic acids is 1. The number of hydrogen-bond donors (Lipinski definition) is 1. The summed E-state index contributed by atoms with van der Waals surface area (Å²) in [5, 5.41) is 20.2. The van der Waals surface area contributed by atoms with Crippen LogP contribution in [0.4, 0.5) is 0 Å². The van der Waals surface area contributed by atoms with Gasteiger partial charge in [-0.05, 0) is 12.0 Å². The monoisotopic (exact) mass is 246 g/mol. The fraction of sp³-hybridized carbons (Fsp3) is 0.385. The zero-order valence-corrected chi connectivity index (χ0v) is 9.98. The van der Waals surface area contributed by atoms with Crippen LogP contribution < -0.4 is 0 Å². The molecule has 0 radical (unpaired) electrons. The van der Waals surface area contributed by atoms with Crippen molar-refractivity contribution in [3.63, 3.8) is 0 Å². The molecule has 1 aliphatic rings. The number of nitrogens with zero attached hydrogens (tertiary/aromatic N) is 2. The molecule has 94 valence electrons. The largest absolute Gasteiger partial charge is 0.468 e. The molecule has 0 spiro atoms. The van der Waals surface area contributed by atoms with Crippen LogP contribution in [0.15, 0.2) is 30.3 Å². The fourth-order valence-electron chi connectivity index (χ4n) is 2.35. The topological polar surface area (TPSA) is 73.6 Å². The van der Waals surface area contributed by atoms with E-state index in [0.717, 1.165) is 10.6 Å². The number of benzene rings is 1. The van der Waals surface area contributed by atoms with Gasteiger partial charge in [0.15, 0.2) is 0 Å². The highest BCUT2D eigenvalue weighted by molar-refractivity contribution is 5.76. The Kier molecular flexibility index (Phi) is 3.60. The Hall–Kier alpha value is -1.90. The highest BCUT2D eigenvalue weighted by Crippen LogP contribution is 2.39. The Bertz CT molecular complexity index is 469. The molecule has 1 heterocycles. The van der Waals surface area contributed by atoms with Crippen molar-refractivity contribution >= 4 is 5.97 Å². The smallest absolute Gasteiger partial charge is 0.325 e. The van der Waals surface area contributed by atoms with Gasteiger partial charge < -0.3 is 9.94 Å².